The predicted octanol–water partition coefficient (Wildman–Crippen LogP) is 4.06. The summed E-state index contributed by atoms with van der Waals surface area (Å²) in [6.07, 6.45) is 0. The third-order valence-corrected chi connectivity index (χ3v) is 5.34. The first-order valence-corrected chi connectivity index (χ1v) is 9.33. The SMILES string of the molecule is Cc1noc(C)c1CSc1ccccc1C(=O)N(C)CC(C)(C)CN.Cl. The minimum atomic E-state index is -0.108. The Labute approximate surface area is 166 Å². The Kier molecular flexibility index (Phi) is 8.18. The number of benzene rings is 1. The molecule has 2 aromatic rings. The van der Waals surface area contributed by atoms with Crippen molar-refractivity contribution in [3.63, 3.8) is 0 Å². The van der Waals surface area contributed by atoms with Crippen LogP contribution in [0.4, 0.5) is 0 Å². The average Bonchev–Trinajstić information content (AvgIpc) is 2.90. The fourth-order valence-electron chi connectivity index (χ4n) is 2.61. The summed E-state index contributed by atoms with van der Waals surface area (Å²) in [7, 11) is 1.83. The van der Waals surface area contributed by atoms with E-state index >= 15 is 0 Å². The number of hydrogen-bond acceptors (Lipinski definition) is 5. The van der Waals surface area contributed by atoms with Crippen molar-refractivity contribution in [1.29, 1.82) is 0 Å². The number of nitrogens with zero attached hydrogens (tertiary/aromatic N) is 2. The predicted molar refractivity (Wildman–Crippen MR) is 109 cm³/mol. The summed E-state index contributed by atoms with van der Waals surface area (Å²) >= 11 is 1.63. The van der Waals surface area contributed by atoms with Gasteiger partial charge in [-0.05, 0) is 37.9 Å². The minimum absolute atomic E-state index is 0. The van der Waals surface area contributed by atoms with Crippen molar-refractivity contribution in [2.45, 2.75) is 38.3 Å². The van der Waals surface area contributed by atoms with Crippen molar-refractivity contribution in [2.24, 2.45) is 11.1 Å². The molecular weight excluding hydrogens is 370 g/mol. The Morgan fingerprint density at radius 1 is 1.31 bits per heavy atom. The van der Waals surface area contributed by atoms with Crippen molar-refractivity contribution in [1.82, 2.24) is 10.1 Å². The van der Waals surface area contributed by atoms with Crippen molar-refractivity contribution in [3.05, 3.63) is 46.8 Å². The number of hydrogen-bond donors (Lipinski definition) is 1. The van der Waals surface area contributed by atoms with Gasteiger partial charge in [0, 0.05) is 29.8 Å². The largest absolute Gasteiger partial charge is 0.361 e. The molecule has 1 amide bonds. The van der Waals surface area contributed by atoms with Gasteiger partial charge in [-0.2, -0.15) is 0 Å². The summed E-state index contributed by atoms with van der Waals surface area (Å²) in [5.74, 6) is 1.57. The summed E-state index contributed by atoms with van der Waals surface area (Å²) in [5, 5.41) is 3.99. The van der Waals surface area contributed by atoms with Gasteiger partial charge in [0.1, 0.15) is 5.76 Å². The molecule has 1 aromatic heterocycles. The maximum atomic E-state index is 12.9. The molecule has 1 aromatic carbocycles. The second kappa shape index (κ2) is 9.44. The molecule has 5 nitrogen and oxygen atoms in total. The molecule has 0 saturated heterocycles. The number of nitrogens with two attached hydrogens (primary N) is 1. The van der Waals surface area contributed by atoms with E-state index in [1.54, 1.807) is 16.7 Å². The lowest BCUT2D eigenvalue weighted by molar-refractivity contribution is 0.0737. The van der Waals surface area contributed by atoms with E-state index in [0.29, 0.717) is 13.1 Å². The van der Waals surface area contributed by atoms with Crippen LogP contribution in [0, 0.1) is 19.3 Å². The minimum Gasteiger partial charge on any atom is -0.361 e. The second-order valence-corrected chi connectivity index (χ2v) is 8.13. The molecule has 1 heterocycles. The number of rotatable bonds is 7. The molecule has 0 aliphatic heterocycles. The highest BCUT2D eigenvalue weighted by atomic mass is 35.5. The quantitative estimate of drug-likeness (QED) is 0.713. The van der Waals surface area contributed by atoms with Crippen LogP contribution in [0.1, 0.15) is 41.2 Å². The molecule has 0 aliphatic carbocycles. The Hall–Kier alpha value is -1.50. The van der Waals surface area contributed by atoms with Gasteiger partial charge in [0.15, 0.2) is 0 Å². The summed E-state index contributed by atoms with van der Waals surface area (Å²) in [5.41, 5.74) is 8.39. The van der Waals surface area contributed by atoms with E-state index in [1.807, 2.05) is 45.2 Å². The maximum Gasteiger partial charge on any atom is 0.254 e. The van der Waals surface area contributed by atoms with Gasteiger partial charge in [0.25, 0.3) is 5.91 Å². The zero-order valence-electron chi connectivity index (χ0n) is 16.0. The molecule has 26 heavy (non-hydrogen) atoms. The van der Waals surface area contributed by atoms with Crippen molar-refractivity contribution >= 4 is 30.1 Å². The van der Waals surface area contributed by atoms with Gasteiger partial charge >= 0.3 is 0 Å². The van der Waals surface area contributed by atoms with Crippen LogP contribution < -0.4 is 5.73 Å². The molecule has 7 heteroatoms. The van der Waals surface area contributed by atoms with Crippen LogP contribution in [0.15, 0.2) is 33.7 Å². The fourth-order valence-corrected chi connectivity index (χ4v) is 3.81. The Morgan fingerprint density at radius 2 is 1.96 bits per heavy atom. The highest BCUT2D eigenvalue weighted by molar-refractivity contribution is 7.98. The first kappa shape index (κ1) is 22.5. The van der Waals surface area contributed by atoms with E-state index in [-0.39, 0.29) is 23.7 Å². The number of halogens is 1. The van der Waals surface area contributed by atoms with Crippen LogP contribution >= 0.6 is 24.2 Å². The standard InChI is InChI=1S/C19H27N3O2S.ClH/c1-13-16(14(2)24-21-13)10-25-17-9-7-6-8-15(17)18(23)22(5)12-19(3,4)11-20;/h6-9H,10-12,20H2,1-5H3;1H. The van der Waals surface area contributed by atoms with Gasteiger partial charge in [0.05, 0.1) is 11.3 Å². The number of carbonyl (C=O) groups excluding carboxylic acids is 1. The molecular formula is C19H28ClN3O2S. The van der Waals surface area contributed by atoms with Gasteiger partial charge in [-0.25, -0.2) is 0 Å². The van der Waals surface area contributed by atoms with Crippen molar-refractivity contribution in [3.8, 4) is 0 Å². The molecule has 2 N–H and O–H groups in total. The van der Waals surface area contributed by atoms with E-state index in [0.717, 1.165) is 33.2 Å². The van der Waals surface area contributed by atoms with Crippen LogP contribution in [-0.2, 0) is 5.75 Å². The van der Waals surface area contributed by atoms with Crippen LogP contribution in [-0.4, -0.2) is 36.1 Å². The van der Waals surface area contributed by atoms with E-state index in [4.69, 9.17) is 10.3 Å². The molecule has 0 spiro atoms. The van der Waals surface area contributed by atoms with Gasteiger partial charge in [-0.1, -0.05) is 31.1 Å². The zero-order chi connectivity index (χ0) is 18.6. The Bertz CT molecular complexity index is 727. The Morgan fingerprint density at radius 3 is 2.54 bits per heavy atom. The van der Waals surface area contributed by atoms with E-state index in [9.17, 15) is 4.79 Å². The smallest absolute Gasteiger partial charge is 0.254 e. The average molecular weight is 398 g/mol. The highest BCUT2D eigenvalue weighted by Crippen LogP contribution is 2.29. The summed E-state index contributed by atoms with van der Waals surface area (Å²) < 4.78 is 5.22. The van der Waals surface area contributed by atoms with Crippen LogP contribution in [0.3, 0.4) is 0 Å². The van der Waals surface area contributed by atoms with Gasteiger partial charge in [-0.3, -0.25) is 4.79 Å². The fraction of sp³-hybridized carbons (Fsp3) is 0.474. The zero-order valence-corrected chi connectivity index (χ0v) is 17.7. The molecule has 144 valence electrons. The summed E-state index contributed by atoms with van der Waals surface area (Å²) in [6, 6.07) is 7.72. The first-order valence-electron chi connectivity index (χ1n) is 8.34. The van der Waals surface area contributed by atoms with Crippen molar-refractivity contribution < 1.29 is 9.32 Å². The number of carbonyl (C=O) groups is 1. The topological polar surface area (TPSA) is 72.4 Å². The number of aromatic nitrogens is 1. The lowest BCUT2D eigenvalue weighted by Gasteiger charge is -2.29. The normalized spacial score (nSPS) is 11.2. The Balaban J connectivity index is 0.00000338. The third-order valence-electron chi connectivity index (χ3n) is 4.24. The maximum absolute atomic E-state index is 12.9. The van der Waals surface area contributed by atoms with Crippen LogP contribution in [0.25, 0.3) is 0 Å². The lowest BCUT2D eigenvalue weighted by atomic mass is 9.93. The molecule has 0 fully saturated rings. The molecule has 0 radical (unpaired) electrons. The third kappa shape index (κ3) is 5.50. The summed E-state index contributed by atoms with van der Waals surface area (Å²) in [4.78, 5) is 15.6. The van der Waals surface area contributed by atoms with E-state index in [2.05, 4.69) is 19.0 Å². The lowest BCUT2D eigenvalue weighted by Crippen LogP contribution is -2.39. The first-order chi connectivity index (χ1) is 11.7. The number of aryl methyl sites for hydroxylation is 2. The molecule has 0 bridgehead atoms. The monoisotopic (exact) mass is 397 g/mol. The van der Waals surface area contributed by atoms with Crippen LogP contribution in [0.5, 0.6) is 0 Å². The van der Waals surface area contributed by atoms with Crippen LogP contribution in [0.2, 0.25) is 0 Å². The second-order valence-electron chi connectivity index (χ2n) is 7.12. The molecule has 0 atom stereocenters. The van der Waals surface area contributed by atoms with Gasteiger partial charge < -0.3 is 15.2 Å². The molecule has 2 rings (SSSR count). The van der Waals surface area contributed by atoms with E-state index in [1.165, 1.54) is 0 Å². The van der Waals surface area contributed by atoms with Gasteiger partial charge in [0.2, 0.25) is 0 Å². The number of amides is 1. The van der Waals surface area contributed by atoms with E-state index < -0.39 is 0 Å². The molecule has 0 aliphatic rings. The molecule has 0 unspecified atom stereocenters. The highest BCUT2D eigenvalue weighted by Gasteiger charge is 2.23. The number of thioether (sulfide) groups is 1. The van der Waals surface area contributed by atoms with Crippen molar-refractivity contribution in [2.75, 3.05) is 20.1 Å². The summed E-state index contributed by atoms with van der Waals surface area (Å²) in [6.45, 7) is 9.13. The molecule has 0 saturated carbocycles. The van der Waals surface area contributed by atoms with Gasteiger partial charge in [-0.15, -0.1) is 24.2 Å².